The lowest BCUT2D eigenvalue weighted by molar-refractivity contribution is 1.31. The Morgan fingerprint density at radius 2 is 2.60 bits per heavy atom. The van der Waals surface area contributed by atoms with E-state index in [1.54, 1.807) is 18.5 Å². The maximum Gasteiger partial charge on any atom is 0.0912 e. The second-order valence-electron chi connectivity index (χ2n) is 1.74. The first-order chi connectivity index (χ1) is 4.93. The van der Waals surface area contributed by atoms with Crippen LogP contribution in [0.15, 0.2) is 35.6 Å². The number of nitrogens with zero attached hydrogens (tertiary/aromatic N) is 2. The highest BCUT2D eigenvalue weighted by molar-refractivity contribution is 5.57. The van der Waals surface area contributed by atoms with Gasteiger partial charge in [-0.25, -0.2) is 4.99 Å². The van der Waals surface area contributed by atoms with E-state index in [1.807, 2.05) is 19.1 Å². The minimum atomic E-state index is 0.834. The van der Waals surface area contributed by atoms with Crippen LogP contribution in [0.5, 0.6) is 0 Å². The molecule has 0 radical (unpaired) electrons. The lowest BCUT2D eigenvalue weighted by Gasteiger charge is -1.84. The SMILES string of the molecule is CC=C=Nc1cccnc1. The second kappa shape index (κ2) is 3.59. The third kappa shape index (κ3) is 1.84. The second-order valence-corrected chi connectivity index (χ2v) is 1.74. The van der Waals surface area contributed by atoms with E-state index in [-0.39, 0.29) is 0 Å². The number of allylic oxidation sites excluding steroid dienone is 1. The maximum absolute atomic E-state index is 3.96. The lowest BCUT2D eigenvalue weighted by atomic mass is 10.4. The average molecular weight is 132 g/mol. The van der Waals surface area contributed by atoms with Crippen molar-refractivity contribution in [3.63, 3.8) is 0 Å². The molecule has 0 N–H and O–H groups in total. The molecule has 0 aliphatic rings. The Bertz CT molecular complexity index is 245. The van der Waals surface area contributed by atoms with Crippen LogP contribution in [0.25, 0.3) is 0 Å². The van der Waals surface area contributed by atoms with Crippen LogP contribution in [0, 0.1) is 0 Å². The third-order valence-electron chi connectivity index (χ3n) is 0.969. The molecule has 2 nitrogen and oxygen atoms in total. The fraction of sp³-hybridized carbons (Fsp3) is 0.125. The Hall–Kier alpha value is -1.40. The molecule has 0 bridgehead atoms. The van der Waals surface area contributed by atoms with Gasteiger partial charge in [0.2, 0.25) is 0 Å². The Balaban J connectivity index is 2.87. The van der Waals surface area contributed by atoms with Crippen LogP contribution in [0.2, 0.25) is 0 Å². The molecule has 50 valence electrons. The molecule has 0 aliphatic carbocycles. The molecule has 1 aromatic rings. The predicted octanol–water partition coefficient (Wildman–Crippen LogP) is 1.96. The van der Waals surface area contributed by atoms with Crippen molar-refractivity contribution in [2.75, 3.05) is 0 Å². The van der Waals surface area contributed by atoms with E-state index >= 15 is 0 Å². The summed E-state index contributed by atoms with van der Waals surface area (Å²) in [5, 5.41) is 0. The number of aliphatic imine (C=N–C) groups is 1. The van der Waals surface area contributed by atoms with Crippen LogP contribution in [0.4, 0.5) is 5.69 Å². The van der Waals surface area contributed by atoms with E-state index in [1.165, 1.54) is 0 Å². The van der Waals surface area contributed by atoms with Crippen LogP contribution < -0.4 is 0 Å². The van der Waals surface area contributed by atoms with Crippen molar-refractivity contribution >= 4 is 11.6 Å². The molecule has 0 saturated carbocycles. The summed E-state index contributed by atoms with van der Waals surface area (Å²) >= 11 is 0. The van der Waals surface area contributed by atoms with Gasteiger partial charge < -0.3 is 0 Å². The number of rotatable bonds is 1. The van der Waals surface area contributed by atoms with Crippen molar-refractivity contribution in [2.45, 2.75) is 6.92 Å². The maximum atomic E-state index is 3.96. The molecule has 1 heterocycles. The Kier molecular flexibility index (Phi) is 2.41. The van der Waals surface area contributed by atoms with Gasteiger partial charge in [0.05, 0.1) is 11.9 Å². The van der Waals surface area contributed by atoms with E-state index in [2.05, 4.69) is 15.8 Å². The molecule has 1 aromatic heterocycles. The topological polar surface area (TPSA) is 25.2 Å². The molecule has 0 saturated heterocycles. The van der Waals surface area contributed by atoms with Crippen molar-refractivity contribution in [2.24, 2.45) is 4.99 Å². The van der Waals surface area contributed by atoms with Crippen molar-refractivity contribution in [1.29, 1.82) is 0 Å². The summed E-state index contributed by atoms with van der Waals surface area (Å²) in [5.74, 6) is 2.72. The van der Waals surface area contributed by atoms with Crippen LogP contribution >= 0.6 is 0 Å². The molecule has 0 fully saturated rings. The fourth-order valence-electron chi connectivity index (χ4n) is 0.559. The molecule has 2 heteroatoms. The first-order valence-corrected chi connectivity index (χ1v) is 3.07. The van der Waals surface area contributed by atoms with Gasteiger partial charge >= 0.3 is 0 Å². The summed E-state index contributed by atoms with van der Waals surface area (Å²) in [6, 6.07) is 3.72. The monoisotopic (exact) mass is 132 g/mol. The van der Waals surface area contributed by atoms with Gasteiger partial charge in [0, 0.05) is 6.20 Å². The van der Waals surface area contributed by atoms with E-state index in [0.717, 1.165) is 5.69 Å². The van der Waals surface area contributed by atoms with Crippen LogP contribution in [0.1, 0.15) is 6.92 Å². The molecular formula is C8H8N2. The molecule has 10 heavy (non-hydrogen) atoms. The van der Waals surface area contributed by atoms with Gasteiger partial charge in [-0.15, -0.1) is 0 Å². The molecule has 0 amide bonds. The highest BCUT2D eigenvalue weighted by atomic mass is 14.7. The zero-order valence-electron chi connectivity index (χ0n) is 5.78. The van der Waals surface area contributed by atoms with Gasteiger partial charge in [0.25, 0.3) is 0 Å². The van der Waals surface area contributed by atoms with Crippen LogP contribution in [-0.2, 0) is 0 Å². The number of hydrogen-bond acceptors (Lipinski definition) is 2. The molecule has 0 aliphatic heterocycles. The van der Waals surface area contributed by atoms with Crippen molar-refractivity contribution < 1.29 is 0 Å². The largest absolute Gasteiger partial charge is 0.262 e. The van der Waals surface area contributed by atoms with Gasteiger partial charge in [0.1, 0.15) is 0 Å². The number of aromatic nitrogens is 1. The summed E-state index contributed by atoms with van der Waals surface area (Å²) in [6.45, 7) is 1.87. The van der Waals surface area contributed by atoms with E-state index in [0.29, 0.717) is 0 Å². The van der Waals surface area contributed by atoms with Crippen molar-refractivity contribution in [3.8, 4) is 0 Å². The quantitative estimate of drug-likeness (QED) is 0.536. The number of hydrogen-bond donors (Lipinski definition) is 0. The standard InChI is InChI=1S/C8H8N2/c1-2-5-10-8-4-3-6-9-7-8/h2-4,6-7H,1H3. The van der Waals surface area contributed by atoms with Crippen molar-refractivity contribution in [3.05, 3.63) is 30.6 Å². The summed E-state index contributed by atoms with van der Waals surface area (Å²) in [6.07, 6.45) is 5.16. The Morgan fingerprint density at radius 1 is 1.70 bits per heavy atom. The molecule has 0 spiro atoms. The van der Waals surface area contributed by atoms with E-state index in [4.69, 9.17) is 0 Å². The first-order valence-electron chi connectivity index (χ1n) is 3.07. The summed E-state index contributed by atoms with van der Waals surface area (Å²) in [4.78, 5) is 7.85. The minimum Gasteiger partial charge on any atom is -0.262 e. The zero-order chi connectivity index (χ0) is 7.23. The van der Waals surface area contributed by atoms with Crippen molar-refractivity contribution in [1.82, 2.24) is 4.98 Å². The van der Waals surface area contributed by atoms with E-state index in [9.17, 15) is 0 Å². The van der Waals surface area contributed by atoms with Gasteiger partial charge in [-0.05, 0) is 31.0 Å². The smallest absolute Gasteiger partial charge is 0.0912 e. The highest BCUT2D eigenvalue weighted by Crippen LogP contribution is 2.04. The molecule has 0 unspecified atom stereocenters. The zero-order valence-corrected chi connectivity index (χ0v) is 5.78. The number of pyridine rings is 1. The van der Waals surface area contributed by atoms with Gasteiger partial charge in [0.15, 0.2) is 0 Å². The fourth-order valence-corrected chi connectivity index (χ4v) is 0.559. The molecule has 0 aromatic carbocycles. The Morgan fingerprint density at radius 3 is 3.20 bits per heavy atom. The average Bonchev–Trinajstić information content (AvgIpc) is 2.03. The van der Waals surface area contributed by atoms with Crippen LogP contribution in [-0.4, -0.2) is 10.9 Å². The summed E-state index contributed by atoms with van der Waals surface area (Å²) < 4.78 is 0. The highest BCUT2D eigenvalue weighted by Gasteiger charge is 1.80. The molecule has 0 atom stereocenters. The van der Waals surface area contributed by atoms with Crippen LogP contribution in [0.3, 0.4) is 0 Å². The summed E-state index contributed by atoms with van der Waals surface area (Å²) in [5.41, 5.74) is 0.834. The minimum absolute atomic E-state index is 0.834. The van der Waals surface area contributed by atoms with E-state index < -0.39 is 0 Å². The first kappa shape index (κ1) is 6.72. The van der Waals surface area contributed by atoms with Gasteiger partial charge in [-0.1, -0.05) is 0 Å². The molecule has 1 rings (SSSR count). The lowest BCUT2D eigenvalue weighted by Crippen LogP contribution is -1.66. The predicted molar refractivity (Wildman–Crippen MR) is 41.6 cm³/mol. The Labute approximate surface area is 60.0 Å². The molecular weight excluding hydrogens is 124 g/mol. The van der Waals surface area contributed by atoms with Gasteiger partial charge in [-0.2, -0.15) is 0 Å². The summed E-state index contributed by atoms with van der Waals surface area (Å²) in [7, 11) is 0. The third-order valence-corrected chi connectivity index (χ3v) is 0.969. The normalized spacial score (nSPS) is 8.10. The van der Waals surface area contributed by atoms with Gasteiger partial charge in [-0.3, -0.25) is 4.98 Å².